The zero-order chi connectivity index (χ0) is 21.2. The molecular weight excluding hydrogens is 382 g/mol. The minimum atomic E-state index is -2.83. The first-order chi connectivity index (χ1) is 13.9. The number of quaternary nitrogens is 1. The monoisotopic (exact) mass is 409 g/mol. The normalized spacial score (nSPS) is 11.8. The van der Waals surface area contributed by atoms with Crippen LogP contribution >= 0.6 is 0 Å². The second-order valence-electron chi connectivity index (χ2n) is 6.62. The number of benzene rings is 2. The van der Waals surface area contributed by atoms with E-state index in [4.69, 9.17) is 9.47 Å². The standard InChI is InChI=1S/C21H26F2N2O4/c1-25(13-16-6-9-18(27-2)19(12-16)28-3)14-20(26)24-11-10-15-4-7-17(8-5-15)29-21(22)23/h4-9,12,21H,10-11,13-14H2,1-3H3,(H,24,26)/p+1. The third-order valence-electron chi connectivity index (χ3n) is 4.30. The van der Waals surface area contributed by atoms with E-state index in [0.29, 0.717) is 37.6 Å². The van der Waals surface area contributed by atoms with Crippen LogP contribution < -0.4 is 24.4 Å². The summed E-state index contributed by atoms with van der Waals surface area (Å²) in [5.74, 6) is 1.39. The van der Waals surface area contributed by atoms with Gasteiger partial charge in [-0.05, 0) is 42.3 Å². The van der Waals surface area contributed by atoms with E-state index in [2.05, 4.69) is 10.1 Å². The summed E-state index contributed by atoms with van der Waals surface area (Å²) in [5.41, 5.74) is 1.97. The van der Waals surface area contributed by atoms with E-state index in [1.54, 1.807) is 26.4 Å². The highest BCUT2D eigenvalue weighted by atomic mass is 19.3. The molecule has 1 amide bonds. The Morgan fingerprint density at radius 2 is 1.69 bits per heavy atom. The first-order valence-corrected chi connectivity index (χ1v) is 9.24. The Bertz CT molecular complexity index is 785. The van der Waals surface area contributed by atoms with Crippen molar-refractivity contribution >= 4 is 5.91 Å². The van der Waals surface area contributed by atoms with Gasteiger partial charge in [0.1, 0.15) is 12.3 Å². The van der Waals surface area contributed by atoms with Gasteiger partial charge >= 0.3 is 6.61 Å². The van der Waals surface area contributed by atoms with Crippen LogP contribution in [0, 0.1) is 0 Å². The van der Waals surface area contributed by atoms with Gasteiger partial charge < -0.3 is 24.4 Å². The van der Waals surface area contributed by atoms with Crippen molar-refractivity contribution in [3.8, 4) is 17.2 Å². The number of carbonyl (C=O) groups is 1. The molecule has 0 fully saturated rings. The van der Waals surface area contributed by atoms with Crippen molar-refractivity contribution in [1.82, 2.24) is 5.32 Å². The maximum Gasteiger partial charge on any atom is 0.387 e. The van der Waals surface area contributed by atoms with Crippen molar-refractivity contribution in [3.05, 3.63) is 53.6 Å². The Morgan fingerprint density at radius 1 is 1.03 bits per heavy atom. The maximum atomic E-state index is 12.2. The molecule has 0 saturated heterocycles. The number of halogens is 2. The molecule has 8 heteroatoms. The van der Waals surface area contributed by atoms with Crippen LogP contribution in [0.2, 0.25) is 0 Å². The second-order valence-corrected chi connectivity index (χ2v) is 6.62. The number of alkyl halides is 2. The van der Waals surface area contributed by atoms with Crippen LogP contribution in [0.5, 0.6) is 17.2 Å². The molecule has 6 nitrogen and oxygen atoms in total. The summed E-state index contributed by atoms with van der Waals surface area (Å²) in [6.45, 7) is -1.37. The average molecular weight is 409 g/mol. The molecule has 0 heterocycles. The number of hydrogen-bond donors (Lipinski definition) is 2. The van der Waals surface area contributed by atoms with Gasteiger partial charge in [-0.2, -0.15) is 8.78 Å². The molecular formula is C21H27F2N2O4+. The predicted molar refractivity (Wildman–Crippen MR) is 105 cm³/mol. The second kappa shape index (κ2) is 11.2. The van der Waals surface area contributed by atoms with Crippen molar-refractivity contribution in [2.75, 3.05) is 34.4 Å². The third kappa shape index (κ3) is 7.57. The zero-order valence-electron chi connectivity index (χ0n) is 16.8. The molecule has 2 aromatic rings. The number of carbonyl (C=O) groups excluding carboxylic acids is 1. The molecule has 0 saturated carbocycles. The summed E-state index contributed by atoms with van der Waals surface area (Å²) >= 11 is 0. The van der Waals surface area contributed by atoms with Crippen LogP contribution in [0.25, 0.3) is 0 Å². The number of rotatable bonds is 11. The summed E-state index contributed by atoms with van der Waals surface area (Å²) in [5, 5.41) is 2.88. The molecule has 0 aliphatic heterocycles. The molecule has 0 aliphatic rings. The Balaban J connectivity index is 1.74. The predicted octanol–water partition coefficient (Wildman–Crippen LogP) is 1.68. The minimum Gasteiger partial charge on any atom is -0.493 e. The fourth-order valence-electron chi connectivity index (χ4n) is 2.92. The topological polar surface area (TPSA) is 61.2 Å². The molecule has 158 valence electrons. The Kier molecular flexibility index (Phi) is 8.67. The van der Waals surface area contributed by atoms with Gasteiger partial charge in [0.05, 0.1) is 21.3 Å². The third-order valence-corrected chi connectivity index (χ3v) is 4.30. The van der Waals surface area contributed by atoms with Crippen LogP contribution in [0.15, 0.2) is 42.5 Å². The fraction of sp³-hybridized carbons (Fsp3) is 0.381. The van der Waals surface area contributed by atoms with Crippen LogP contribution in [0.1, 0.15) is 11.1 Å². The molecule has 0 radical (unpaired) electrons. The summed E-state index contributed by atoms with van der Waals surface area (Å²) in [4.78, 5) is 13.2. The largest absolute Gasteiger partial charge is 0.493 e. The van der Waals surface area contributed by atoms with Gasteiger partial charge in [0.2, 0.25) is 0 Å². The van der Waals surface area contributed by atoms with Gasteiger partial charge in [-0.25, -0.2) is 0 Å². The lowest BCUT2D eigenvalue weighted by atomic mass is 10.1. The first kappa shape index (κ1) is 22.4. The number of nitrogens with one attached hydrogen (secondary N) is 2. The van der Waals surface area contributed by atoms with Gasteiger partial charge in [0.25, 0.3) is 5.91 Å². The highest BCUT2D eigenvalue weighted by Crippen LogP contribution is 2.27. The van der Waals surface area contributed by atoms with Gasteiger partial charge in [0.15, 0.2) is 18.0 Å². The van der Waals surface area contributed by atoms with Crippen molar-refractivity contribution in [2.24, 2.45) is 0 Å². The molecule has 0 aliphatic carbocycles. The van der Waals surface area contributed by atoms with E-state index < -0.39 is 6.61 Å². The average Bonchev–Trinajstić information content (AvgIpc) is 2.68. The van der Waals surface area contributed by atoms with E-state index in [-0.39, 0.29) is 11.7 Å². The summed E-state index contributed by atoms with van der Waals surface area (Å²) in [6, 6.07) is 12.1. The van der Waals surface area contributed by atoms with Crippen molar-refractivity contribution in [3.63, 3.8) is 0 Å². The molecule has 2 aromatic carbocycles. The van der Waals surface area contributed by atoms with E-state index >= 15 is 0 Å². The van der Waals surface area contributed by atoms with Crippen molar-refractivity contribution in [1.29, 1.82) is 0 Å². The highest BCUT2D eigenvalue weighted by Gasteiger charge is 2.12. The molecule has 0 bridgehead atoms. The number of methoxy groups -OCH3 is 2. The Labute approximate surface area is 169 Å². The van der Waals surface area contributed by atoms with Crippen LogP contribution in [0.3, 0.4) is 0 Å². The van der Waals surface area contributed by atoms with Gasteiger partial charge in [0, 0.05) is 12.1 Å². The zero-order valence-corrected chi connectivity index (χ0v) is 16.8. The molecule has 0 aromatic heterocycles. The molecule has 2 rings (SSSR count). The number of hydrogen-bond acceptors (Lipinski definition) is 4. The van der Waals surface area contributed by atoms with Crippen molar-refractivity contribution < 1.29 is 32.7 Å². The quantitative estimate of drug-likeness (QED) is 0.593. The Morgan fingerprint density at radius 3 is 2.31 bits per heavy atom. The van der Waals surface area contributed by atoms with E-state index in [1.165, 1.54) is 12.1 Å². The molecule has 29 heavy (non-hydrogen) atoms. The number of amides is 1. The molecule has 1 unspecified atom stereocenters. The van der Waals surface area contributed by atoms with E-state index in [0.717, 1.165) is 16.0 Å². The highest BCUT2D eigenvalue weighted by molar-refractivity contribution is 5.76. The van der Waals surface area contributed by atoms with Gasteiger partial charge in [-0.3, -0.25) is 4.79 Å². The van der Waals surface area contributed by atoms with E-state index in [9.17, 15) is 13.6 Å². The van der Waals surface area contributed by atoms with Crippen molar-refractivity contribution in [2.45, 2.75) is 19.6 Å². The van der Waals surface area contributed by atoms with Crippen LogP contribution in [-0.2, 0) is 17.8 Å². The van der Waals surface area contributed by atoms with E-state index in [1.807, 2.05) is 25.2 Å². The first-order valence-electron chi connectivity index (χ1n) is 9.24. The summed E-state index contributed by atoms with van der Waals surface area (Å²) < 4.78 is 39.1. The molecule has 0 spiro atoms. The maximum absolute atomic E-state index is 12.2. The number of likely N-dealkylation sites (N-methyl/N-ethyl adjacent to an activating group) is 1. The van der Waals surface area contributed by atoms with Crippen LogP contribution in [-0.4, -0.2) is 46.9 Å². The Hall–Kier alpha value is -2.87. The fourth-order valence-corrected chi connectivity index (χ4v) is 2.92. The molecule has 2 N–H and O–H groups in total. The lowest BCUT2D eigenvalue weighted by Gasteiger charge is -2.15. The number of ether oxygens (including phenoxy) is 3. The summed E-state index contributed by atoms with van der Waals surface area (Å²) in [7, 11) is 5.12. The lowest BCUT2D eigenvalue weighted by molar-refractivity contribution is -0.885. The SMILES string of the molecule is COc1ccc(C[NH+](C)CC(=O)NCCc2ccc(OC(F)F)cc2)cc1OC. The van der Waals surface area contributed by atoms with Gasteiger partial charge in [-0.15, -0.1) is 0 Å². The summed E-state index contributed by atoms with van der Waals surface area (Å²) in [6.07, 6.45) is 0.607. The smallest absolute Gasteiger partial charge is 0.387 e. The van der Waals surface area contributed by atoms with Crippen LogP contribution in [0.4, 0.5) is 8.78 Å². The molecule has 1 atom stereocenters. The lowest BCUT2D eigenvalue weighted by Crippen LogP contribution is -3.08. The van der Waals surface area contributed by atoms with Gasteiger partial charge in [-0.1, -0.05) is 12.1 Å². The minimum absolute atomic E-state index is 0.0550.